The van der Waals surface area contributed by atoms with E-state index < -0.39 is 0 Å². The molecule has 1 N–H and O–H groups in total. The summed E-state index contributed by atoms with van der Waals surface area (Å²) in [5.74, 6) is 1.02. The van der Waals surface area contributed by atoms with Gasteiger partial charge in [-0.25, -0.2) is 4.79 Å². The Balaban J connectivity index is 1.43. The highest BCUT2D eigenvalue weighted by Gasteiger charge is 2.30. The Hall–Kier alpha value is -2.02. The lowest BCUT2D eigenvalue weighted by atomic mass is 9.95. The molecular formula is C17H25N3O4. The van der Waals surface area contributed by atoms with Crippen LogP contribution in [0.3, 0.4) is 0 Å². The van der Waals surface area contributed by atoms with E-state index in [0.717, 1.165) is 24.2 Å². The van der Waals surface area contributed by atoms with Crippen LogP contribution in [-0.2, 0) is 16.1 Å². The van der Waals surface area contributed by atoms with Crippen LogP contribution in [0.15, 0.2) is 16.7 Å². The molecule has 7 heteroatoms. The second-order valence-corrected chi connectivity index (χ2v) is 6.38. The number of hydrogen-bond donors (Lipinski definition) is 1. The first-order chi connectivity index (χ1) is 11.6. The third-order valence-corrected chi connectivity index (χ3v) is 4.82. The minimum absolute atomic E-state index is 0.0273. The number of ether oxygens (including phenoxy) is 1. The van der Waals surface area contributed by atoms with Crippen molar-refractivity contribution >= 4 is 11.9 Å². The van der Waals surface area contributed by atoms with Gasteiger partial charge in [-0.3, -0.25) is 4.79 Å². The molecule has 24 heavy (non-hydrogen) atoms. The summed E-state index contributed by atoms with van der Waals surface area (Å²) in [7, 11) is 0. The van der Waals surface area contributed by atoms with E-state index in [0.29, 0.717) is 45.9 Å². The van der Waals surface area contributed by atoms with E-state index in [9.17, 15) is 9.59 Å². The van der Waals surface area contributed by atoms with Crippen LogP contribution in [-0.4, -0.2) is 61.1 Å². The van der Waals surface area contributed by atoms with E-state index in [1.54, 1.807) is 11.2 Å². The Kier molecular flexibility index (Phi) is 5.40. The van der Waals surface area contributed by atoms with Crippen molar-refractivity contribution in [1.82, 2.24) is 15.1 Å². The fraction of sp³-hybridized carbons (Fsp3) is 0.647. The zero-order valence-electron chi connectivity index (χ0n) is 14.1. The predicted octanol–water partition coefficient (Wildman–Crippen LogP) is 1.37. The molecule has 3 rings (SSSR count). The van der Waals surface area contributed by atoms with Crippen molar-refractivity contribution in [1.29, 1.82) is 0 Å². The highest BCUT2D eigenvalue weighted by atomic mass is 16.5. The monoisotopic (exact) mass is 335 g/mol. The maximum absolute atomic E-state index is 12.5. The molecular weight excluding hydrogens is 310 g/mol. The summed E-state index contributed by atoms with van der Waals surface area (Å²) in [6.07, 6.45) is 3.08. The molecule has 3 amide bonds. The van der Waals surface area contributed by atoms with Crippen molar-refractivity contribution in [2.24, 2.45) is 5.92 Å². The van der Waals surface area contributed by atoms with Gasteiger partial charge in [0.25, 0.3) is 0 Å². The van der Waals surface area contributed by atoms with Gasteiger partial charge in [-0.15, -0.1) is 0 Å². The summed E-state index contributed by atoms with van der Waals surface area (Å²) < 4.78 is 10.6. The summed E-state index contributed by atoms with van der Waals surface area (Å²) in [6, 6.07) is 1.78. The van der Waals surface area contributed by atoms with Gasteiger partial charge in [0, 0.05) is 32.1 Å². The lowest BCUT2D eigenvalue weighted by Gasteiger charge is -2.35. The van der Waals surface area contributed by atoms with Gasteiger partial charge in [0.15, 0.2) is 0 Å². The van der Waals surface area contributed by atoms with Crippen molar-refractivity contribution in [2.75, 3.05) is 39.4 Å². The number of furan rings is 1. The molecule has 0 aliphatic carbocycles. The third-order valence-electron chi connectivity index (χ3n) is 4.82. The maximum atomic E-state index is 12.5. The molecule has 3 heterocycles. The highest BCUT2D eigenvalue weighted by Crippen LogP contribution is 2.20. The van der Waals surface area contributed by atoms with Gasteiger partial charge in [-0.2, -0.15) is 0 Å². The van der Waals surface area contributed by atoms with E-state index in [4.69, 9.17) is 9.15 Å². The summed E-state index contributed by atoms with van der Waals surface area (Å²) in [4.78, 5) is 28.4. The standard InChI is InChI=1S/C17H25N3O4/c1-13-4-9-24-15(13)12-18-17(22)20-5-2-14(3-6-20)16(21)19-7-10-23-11-8-19/h4,9,14H,2-3,5-8,10-12H2,1H3,(H,18,22). The zero-order chi connectivity index (χ0) is 16.9. The number of carbonyl (C=O) groups is 2. The summed E-state index contributed by atoms with van der Waals surface area (Å²) >= 11 is 0. The summed E-state index contributed by atoms with van der Waals surface area (Å²) in [5, 5.41) is 2.88. The van der Waals surface area contributed by atoms with Crippen LogP contribution in [0.5, 0.6) is 0 Å². The van der Waals surface area contributed by atoms with Gasteiger partial charge >= 0.3 is 6.03 Å². The number of carbonyl (C=O) groups excluding carboxylic acids is 2. The second-order valence-electron chi connectivity index (χ2n) is 6.38. The molecule has 2 fully saturated rings. The van der Waals surface area contributed by atoms with E-state index in [-0.39, 0.29) is 17.9 Å². The average Bonchev–Trinajstić information content (AvgIpc) is 3.05. The average molecular weight is 335 g/mol. The molecule has 132 valence electrons. The van der Waals surface area contributed by atoms with Crippen LogP contribution >= 0.6 is 0 Å². The highest BCUT2D eigenvalue weighted by molar-refractivity contribution is 5.80. The van der Waals surface area contributed by atoms with Crippen molar-refractivity contribution in [2.45, 2.75) is 26.3 Å². The van der Waals surface area contributed by atoms with Crippen LogP contribution in [0.4, 0.5) is 4.79 Å². The zero-order valence-corrected chi connectivity index (χ0v) is 14.1. The number of nitrogens with one attached hydrogen (secondary N) is 1. The molecule has 0 aromatic carbocycles. The molecule has 1 aromatic rings. The Morgan fingerprint density at radius 1 is 1.17 bits per heavy atom. The second kappa shape index (κ2) is 7.70. The van der Waals surface area contributed by atoms with Crippen molar-refractivity contribution in [3.05, 3.63) is 23.7 Å². The van der Waals surface area contributed by atoms with Crippen molar-refractivity contribution in [3.8, 4) is 0 Å². The maximum Gasteiger partial charge on any atom is 0.317 e. The number of urea groups is 1. The van der Waals surface area contributed by atoms with Crippen LogP contribution in [0.2, 0.25) is 0 Å². The smallest absolute Gasteiger partial charge is 0.317 e. The third kappa shape index (κ3) is 3.90. The van der Waals surface area contributed by atoms with E-state index >= 15 is 0 Å². The molecule has 0 bridgehead atoms. The molecule has 2 aliphatic rings. The Labute approximate surface area is 141 Å². The predicted molar refractivity (Wildman–Crippen MR) is 87.4 cm³/mol. The number of amides is 3. The molecule has 0 spiro atoms. The molecule has 0 atom stereocenters. The van der Waals surface area contributed by atoms with E-state index in [1.807, 2.05) is 17.9 Å². The quantitative estimate of drug-likeness (QED) is 0.905. The number of morpholine rings is 1. The Bertz CT molecular complexity index is 572. The first-order valence-corrected chi connectivity index (χ1v) is 8.57. The van der Waals surface area contributed by atoms with Gasteiger partial charge in [0.05, 0.1) is 26.0 Å². The SMILES string of the molecule is Cc1ccoc1CNC(=O)N1CCC(C(=O)N2CCOCC2)CC1. The van der Waals surface area contributed by atoms with Crippen molar-refractivity contribution in [3.63, 3.8) is 0 Å². The first-order valence-electron chi connectivity index (χ1n) is 8.57. The number of nitrogens with zero attached hydrogens (tertiary/aromatic N) is 2. The van der Waals surface area contributed by atoms with E-state index in [1.165, 1.54) is 0 Å². The lowest BCUT2D eigenvalue weighted by molar-refractivity contribution is -0.141. The Morgan fingerprint density at radius 2 is 1.88 bits per heavy atom. The summed E-state index contributed by atoms with van der Waals surface area (Å²) in [6.45, 7) is 6.19. The fourth-order valence-corrected chi connectivity index (χ4v) is 3.22. The van der Waals surface area contributed by atoms with Crippen LogP contribution < -0.4 is 5.32 Å². The number of rotatable bonds is 3. The molecule has 0 unspecified atom stereocenters. The molecule has 1 aromatic heterocycles. The Morgan fingerprint density at radius 3 is 2.50 bits per heavy atom. The number of aryl methyl sites for hydroxylation is 1. The van der Waals surface area contributed by atoms with Gasteiger partial charge < -0.3 is 24.3 Å². The van der Waals surface area contributed by atoms with Crippen LogP contribution in [0.25, 0.3) is 0 Å². The normalized spacial score (nSPS) is 19.4. The largest absolute Gasteiger partial charge is 0.467 e. The van der Waals surface area contributed by atoms with Gasteiger partial charge in [0.1, 0.15) is 5.76 Å². The van der Waals surface area contributed by atoms with Crippen LogP contribution in [0.1, 0.15) is 24.2 Å². The molecule has 0 radical (unpaired) electrons. The minimum Gasteiger partial charge on any atom is -0.467 e. The van der Waals surface area contributed by atoms with Gasteiger partial charge in [0.2, 0.25) is 5.91 Å². The number of likely N-dealkylation sites (tertiary alicyclic amines) is 1. The molecule has 7 nitrogen and oxygen atoms in total. The topological polar surface area (TPSA) is 75.0 Å². The summed E-state index contributed by atoms with van der Waals surface area (Å²) in [5.41, 5.74) is 1.03. The minimum atomic E-state index is -0.0944. The molecule has 2 aliphatic heterocycles. The van der Waals surface area contributed by atoms with Crippen LogP contribution in [0, 0.1) is 12.8 Å². The fourth-order valence-electron chi connectivity index (χ4n) is 3.22. The number of piperidine rings is 1. The lowest BCUT2D eigenvalue weighted by Crippen LogP contribution is -2.49. The van der Waals surface area contributed by atoms with E-state index in [2.05, 4.69) is 5.32 Å². The first kappa shape index (κ1) is 16.8. The van der Waals surface area contributed by atoms with Crippen molar-refractivity contribution < 1.29 is 18.7 Å². The van der Waals surface area contributed by atoms with Gasteiger partial charge in [-0.1, -0.05) is 0 Å². The number of hydrogen-bond acceptors (Lipinski definition) is 4. The van der Waals surface area contributed by atoms with Gasteiger partial charge in [-0.05, 0) is 31.4 Å². The molecule has 2 saturated heterocycles. The molecule has 0 saturated carbocycles.